The SMILES string of the molecule is Cc1ccnc(Nc2ccc(NCCNC(=O)[C@H]3CCC(=O)NC3)nn2)c1. The molecule has 1 atom stereocenters. The molecule has 27 heavy (non-hydrogen) atoms. The average Bonchev–Trinajstić information content (AvgIpc) is 2.67. The third kappa shape index (κ3) is 5.63. The van der Waals surface area contributed by atoms with Crippen LogP contribution in [0.5, 0.6) is 0 Å². The van der Waals surface area contributed by atoms with Gasteiger partial charge in [-0.05, 0) is 43.2 Å². The van der Waals surface area contributed by atoms with Crippen molar-refractivity contribution in [2.24, 2.45) is 5.92 Å². The lowest BCUT2D eigenvalue weighted by molar-refractivity contribution is -0.128. The zero-order valence-electron chi connectivity index (χ0n) is 15.2. The molecule has 1 aliphatic heterocycles. The highest BCUT2D eigenvalue weighted by Crippen LogP contribution is 2.13. The summed E-state index contributed by atoms with van der Waals surface area (Å²) in [5, 5.41) is 20.0. The van der Waals surface area contributed by atoms with Gasteiger partial charge in [0.05, 0.1) is 5.92 Å². The van der Waals surface area contributed by atoms with E-state index in [4.69, 9.17) is 0 Å². The molecule has 0 unspecified atom stereocenters. The van der Waals surface area contributed by atoms with Crippen molar-refractivity contribution in [1.29, 1.82) is 0 Å². The molecular formula is C18H23N7O2. The number of anilines is 3. The predicted molar refractivity (Wildman–Crippen MR) is 102 cm³/mol. The van der Waals surface area contributed by atoms with Crippen LogP contribution in [0.25, 0.3) is 0 Å². The summed E-state index contributed by atoms with van der Waals surface area (Å²) in [5.41, 5.74) is 1.11. The minimum Gasteiger partial charge on any atom is -0.367 e. The zero-order valence-corrected chi connectivity index (χ0v) is 15.2. The van der Waals surface area contributed by atoms with Crippen molar-refractivity contribution >= 4 is 29.3 Å². The number of piperidine rings is 1. The van der Waals surface area contributed by atoms with E-state index in [1.807, 2.05) is 31.2 Å². The maximum Gasteiger partial charge on any atom is 0.224 e. The smallest absolute Gasteiger partial charge is 0.224 e. The van der Waals surface area contributed by atoms with E-state index >= 15 is 0 Å². The van der Waals surface area contributed by atoms with Crippen molar-refractivity contribution in [3.05, 3.63) is 36.0 Å². The van der Waals surface area contributed by atoms with Gasteiger partial charge < -0.3 is 21.3 Å². The van der Waals surface area contributed by atoms with E-state index in [-0.39, 0.29) is 17.7 Å². The highest BCUT2D eigenvalue weighted by Gasteiger charge is 2.23. The first-order chi connectivity index (χ1) is 13.1. The number of aryl methyl sites for hydroxylation is 1. The third-order valence-corrected chi connectivity index (χ3v) is 4.20. The van der Waals surface area contributed by atoms with E-state index in [1.54, 1.807) is 6.20 Å². The van der Waals surface area contributed by atoms with Crippen LogP contribution >= 0.6 is 0 Å². The molecule has 0 aromatic carbocycles. The molecule has 1 fully saturated rings. The van der Waals surface area contributed by atoms with Gasteiger partial charge in [0.1, 0.15) is 11.6 Å². The van der Waals surface area contributed by atoms with Gasteiger partial charge in [0.2, 0.25) is 11.8 Å². The number of rotatable bonds is 7. The molecule has 9 heteroatoms. The second-order valence-corrected chi connectivity index (χ2v) is 6.40. The lowest BCUT2D eigenvalue weighted by Gasteiger charge is -2.21. The topological polar surface area (TPSA) is 121 Å². The molecular weight excluding hydrogens is 346 g/mol. The van der Waals surface area contributed by atoms with Crippen molar-refractivity contribution in [1.82, 2.24) is 25.8 Å². The second kappa shape index (κ2) is 8.93. The monoisotopic (exact) mass is 369 g/mol. The Kier molecular flexibility index (Phi) is 6.14. The highest BCUT2D eigenvalue weighted by molar-refractivity contribution is 5.83. The minimum absolute atomic E-state index is 0.00964. The Hall–Kier alpha value is -3.23. The van der Waals surface area contributed by atoms with E-state index in [9.17, 15) is 9.59 Å². The van der Waals surface area contributed by atoms with E-state index in [0.29, 0.717) is 49.9 Å². The molecule has 0 bridgehead atoms. The number of carbonyl (C=O) groups is 2. The van der Waals surface area contributed by atoms with Crippen LogP contribution in [0.1, 0.15) is 18.4 Å². The summed E-state index contributed by atoms with van der Waals surface area (Å²) in [6, 6.07) is 7.47. The van der Waals surface area contributed by atoms with Gasteiger partial charge in [-0.15, -0.1) is 10.2 Å². The van der Waals surface area contributed by atoms with Crippen molar-refractivity contribution in [2.75, 3.05) is 30.3 Å². The van der Waals surface area contributed by atoms with E-state index in [0.717, 1.165) is 5.56 Å². The number of amides is 2. The van der Waals surface area contributed by atoms with E-state index in [2.05, 4.69) is 36.4 Å². The van der Waals surface area contributed by atoms with Crippen molar-refractivity contribution in [2.45, 2.75) is 19.8 Å². The lowest BCUT2D eigenvalue weighted by Crippen LogP contribution is -2.43. The maximum absolute atomic E-state index is 12.0. The van der Waals surface area contributed by atoms with Crippen LogP contribution in [0.3, 0.4) is 0 Å². The maximum atomic E-state index is 12.0. The van der Waals surface area contributed by atoms with Crippen LogP contribution in [0.15, 0.2) is 30.5 Å². The number of pyridine rings is 1. The van der Waals surface area contributed by atoms with Crippen molar-refractivity contribution < 1.29 is 9.59 Å². The van der Waals surface area contributed by atoms with E-state index in [1.165, 1.54) is 0 Å². The van der Waals surface area contributed by atoms with Gasteiger partial charge >= 0.3 is 0 Å². The van der Waals surface area contributed by atoms with Crippen LogP contribution < -0.4 is 21.3 Å². The normalized spacial score (nSPS) is 16.3. The Morgan fingerprint density at radius 3 is 2.70 bits per heavy atom. The van der Waals surface area contributed by atoms with Crippen molar-refractivity contribution in [3.8, 4) is 0 Å². The highest BCUT2D eigenvalue weighted by atomic mass is 16.2. The summed E-state index contributed by atoms with van der Waals surface area (Å²) in [4.78, 5) is 27.4. The van der Waals surface area contributed by atoms with Gasteiger partial charge in [-0.2, -0.15) is 0 Å². The van der Waals surface area contributed by atoms with Gasteiger partial charge in [0, 0.05) is 32.3 Å². The van der Waals surface area contributed by atoms with Gasteiger partial charge in [-0.25, -0.2) is 4.98 Å². The molecule has 0 aliphatic carbocycles. The van der Waals surface area contributed by atoms with Gasteiger partial charge in [-0.1, -0.05) is 0 Å². The first kappa shape index (κ1) is 18.6. The number of hydrogen-bond acceptors (Lipinski definition) is 7. The van der Waals surface area contributed by atoms with Crippen LogP contribution in [0, 0.1) is 12.8 Å². The molecule has 142 valence electrons. The van der Waals surface area contributed by atoms with Gasteiger partial charge in [0.25, 0.3) is 0 Å². The number of nitrogens with zero attached hydrogens (tertiary/aromatic N) is 3. The fourth-order valence-electron chi connectivity index (χ4n) is 2.71. The minimum atomic E-state index is -0.150. The van der Waals surface area contributed by atoms with Crippen molar-refractivity contribution in [3.63, 3.8) is 0 Å². The number of nitrogens with one attached hydrogen (secondary N) is 4. The molecule has 3 heterocycles. The lowest BCUT2D eigenvalue weighted by atomic mass is 9.98. The third-order valence-electron chi connectivity index (χ3n) is 4.20. The van der Waals surface area contributed by atoms with Crippen LogP contribution in [-0.2, 0) is 9.59 Å². The fraction of sp³-hybridized carbons (Fsp3) is 0.389. The summed E-state index contributed by atoms with van der Waals surface area (Å²) in [7, 11) is 0. The van der Waals surface area contributed by atoms with Crippen LogP contribution in [0.4, 0.5) is 17.5 Å². The Morgan fingerprint density at radius 1 is 1.19 bits per heavy atom. The molecule has 0 spiro atoms. The first-order valence-corrected chi connectivity index (χ1v) is 8.92. The molecule has 0 saturated carbocycles. The van der Waals surface area contributed by atoms with Crippen LogP contribution in [0.2, 0.25) is 0 Å². The molecule has 1 aliphatic rings. The van der Waals surface area contributed by atoms with E-state index < -0.39 is 0 Å². The summed E-state index contributed by atoms with van der Waals surface area (Å²) in [6.45, 7) is 3.41. The summed E-state index contributed by atoms with van der Waals surface area (Å²) in [5.74, 6) is 1.77. The first-order valence-electron chi connectivity index (χ1n) is 8.92. The number of hydrogen-bond donors (Lipinski definition) is 4. The van der Waals surface area contributed by atoms with Gasteiger partial charge in [0.15, 0.2) is 5.82 Å². The molecule has 2 aromatic heterocycles. The molecule has 2 amide bonds. The molecule has 3 rings (SSSR count). The average molecular weight is 369 g/mol. The Balaban J connectivity index is 1.38. The Bertz CT molecular complexity index is 785. The predicted octanol–water partition coefficient (Wildman–Crippen LogP) is 0.978. The Morgan fingerprint density at radius 2 is 2.00 bits per heavy atom. The second-order valence-electron chi connectivity index (χ2n) is 6.40. The number of carbonyl (C=O) groups excluding carboxylic acids is 2. The largest absolute Gasteiger partial charge is 0.367 e. The molecule has 4 N–H and O–H groups in total. The summed E-state index contributed by atoms with van der Waals surface area (Å²) >= 11 is 0. The standard InChI is InChI=1S/C18H23N7O2/c1-12-6-7-19-16(10-12)23-15-4-3-14(24-25-15)20-8-9-21-18(27)13-2-5-17(26)22-11-13/h3-4,6-7,10,13H,2,5,8-9,11H2,1H3,(H,20,24)(H,21,27)(H,22,26)(H,19,23,25)/t13-/m0/s1. The van der Waals surface area contributed by atoms with Gasteiger partial charge in [-0.3, -0.25) is 9.59 Å². The zero-order chi connectivity index (χ0) is 19.1. The van der Waals surface area contributed by atoms with Crippen LogP contribution in [-0.4, -0.2) is 46.6 Å². The number of aromatic nitrogens is 3. The summed E-state index contributed by atoms with van der Waals surface area (Å²) in [6.07, 6.45) is 2.74. The fourth-order valence-corrected chi connectivity index (χ4v) is 2.71. The molecule has 9 nitrogen and oxygen atoms in total. The Labute approximate surface area is 157 Å². The molecule has 0 radical (unpaired) electrons. The quantitative estimate of drug-likeness (QED) is 0.537. The molecule has 2 aromatic rings. The molecule has 1 saturated heterocycles. The summed E-state index contributed by atoms with van der Waals surface area (Å²) < 4.78 is 0.